The van der Waals surface area contributed by atoms with Gasteiger partial charge in [-0.25, -0.2) is 4.79 Å². The summed E-state index contributed by atoms with van der Waals surface area (Å²) in [6.45, 7) is 1.42. The van der Waals surface area contributed by atoms with Crippen molar-refractivity contribution in [2.45, 2.75) is 31.3 Å². The van der Waals surface area contributed by atoms with Crippen molar-refractivity contribution in [1.82, 2.24) is 0 Å². The van der Waals surface area contributed by atoms with E-state index in [1.54, 1.807) is 0 Å². The number of carboxylic acid groups (broad SMARTS) is 1. The Hall–Kier alpha value is -0.750. The number of halogens is 2. The van der Waals surface area contributed by atoms with Crippen LogP contribution in [0.1, 0.15) is 19.8 Å². The van der Waals surface area contributed by atoms with Crippen LogP contribution in [0.15, 0.2) is 0 Å². The molecule has 0 radical (unpaired) electrons. The average Bonchev–Trinajstić information content (AvgIpc) is 2.18. The van der Waals surface area contributed by atoms with Crippen LogP contribution in [0.5, 0.6) is 0 Å². The third-order valence-corrected chi connectivity index (χ3v) is 2.92. The third-order valence-electron chi connectivity index (χ3n) is 2.92. The largest absolute Gasteiger partial charge is 0.477 e. The van der Waals surface area contributed by atoms with Gasteiger partial charge in [0.25, 0.3) is 0 Å². The smallest absolute Gasteiger partial charge is 0.377 e. The first kappa shape index (κ1) is 12.3. The van der Waals surface area contributed by atoms with Gasteiger partial charge in [0.05, 0.1) is 0 Å². The van der Waals surface area contributed by atoms with Crippen molar-refractivity contribution < 1.29 is 28.5 Å². The summed E-state index contributed by atoms with van der Waals surface area (Å²) in [5.74, 6) is -7.18. The Bertz CT molecular complexity index is 246. The zero-order valence-electron chi connectivity index (χ0n) is 8.37. The molecule has 0 aromatic carbocycles. The lowest BCUT2D eigenvalue weighted by Crippen LogP contribution is -2.56. The zero-order chi connectivity index (χ0) is 11.7. The van der Waals surface area contributed by atoms with Crippen LogP contribution >= 0.6 is 0 Å². The summed E-state index contributed by atoms with van der Waals surface area (Å²) in [5.41, 5.74) is -2.53. The van der Waals surface area contributed by atoms with Crippen LogP contribution in [-0.4, -0.2) is 40.9 Å². The van der Waals surface area contributed by atoms with E-state index in [9.17, 15) is 18.7 Å². The molecule has 15 heavy (non-hydrogen) atoms. The van der Waals surface area contributed by atoms with Gasteiger partial charge in [-0.1, -0.05) is 0 Å². The van der Waals surface area contributed by atoms with Crippen molar-refractivity contribution >= 4 is 5.97 Å². The first-order valence-corrected chi connectivity index (χ1v) is 4.71. The Kier molecular flexibility index (Phi) is 3.30. The Labute approximate surface area is 85.8 Å². The fourth-order valence-electron chi connectivity index (χ4n) is 1.73. The van der Waals surface area contributed by atoms with E-state index in [-0.39, 0.29) is 26.1 Å². The molecule has 1 atom stereocenters. The molecule has 6 heteroatoms. The van der Waals surface area contributed by atoms with Crippen LogP contribution < -0.4 is 0 Å². The number of alkyl halides is 2. The summed E-state index contributed by atoms with van der Waals surface area (Å²) < 4.78 is 31.4. The fourth-order valence-corrected chi connectivity index (χ4v) is 1.73. The Balaban J connectivity index is 2.84. The molecule has 1 saturated heterocycles. The highest BCUT2D eigenvalue weighted by Crippen LogP contribution is 2.39. The summed E-state index contributed by atoms with van der Waals surface area (Å²) in [5, 5.41) is 18.0. The van der Waals surface area contributed by atoms with Gasteiger partial charge in [-0.3, -0.25) is 0 Å². The molecule has 0 aliphatic carbocycles. The SMILES string of the molecule is CC(O)(C1CCOCC1)C(F)(F)C(=O)O. The molecule has 88 valence electrons. The second-order valence-electron chi connectivity index (χ2n) is 3.91. The maximum atomic E-state index is 13.2. The highest BCUT2D eigenvalue weighted by molar-refractivity contribution is 5.77. The van der Waals surface area contributed by atoms with Crippen LogP contribution in [-0.2, 0) is 9.53 Å². The van der Waals surface area contributed by atoms with Gasteiger partial charge >= 0.3 is 11.9 Å². The molecule has 1 heterocycles. The maximum absolute atomic E-state index is 13.2. The second kappa shape index (κ2) is 4.02. The monoisotopic (exact) mass is 224 g/mol. The van der Waals surface area contributed by atoms with E-state index in [1.165, 1.54) is 0 Å². The van der Waals surface area contributed by atoms with Gasteiger partial charge in [0.1, 0.15) is 5.60 Å². The lowest BCUT2D eigenvalue weighted by molar-refractivity contribution is -0.223. The van der Waals surface area contributed by atoms with Gasteiger partial charge in [-0.05, 0) is 25.7 Å². The van der Waals surface area contributed by atoms with E-state index in [0.29, 0.717) is 0 Å². The standard InChI is InChI=1S/C9H14F2O4/c1-8(14,9(10,11)7(12)13)6-2-4-15-5-3-6/h6,14H,2-5H2,1H3,(H,12,13). The Morgan fingerprint density at radius 1 is 1.40 bits per heavy atom. The van der Waals surface area contributed by atoms with Gasteiger partial charge in [0, 0.05) is 13.2 Å². The highest BCUT2D eigenvalue weighted by atomic mass is 19.3. The van der Waals surface area contributed by atoms with Crippen LogP contribution in [0.4, 0.5) is 8.78 Å². The van der Waals surface area contributed by atoms with Crippen LogP contribution in [0.25, 0.3) is 0 Å². The maximum Gasteiger partial charge on any atom is 0.377 e. The van der Waals surface area contributed by atoms with Gasteiger partial charge in [0.15, 0.2) is 0 Å². The van der Waals surface area contributed by atoms with Crippen molar-refractivity contribution in [3.8, 4) is 0 Å². The molecule has 0 bridgehead atoms. The first-order chi connectivity index (χ1) is 6.80. The minimum absolute atomic E-state index is 0.246. The van der Waals surface area contributed by atoms with Gasteiger partial charge in [-0.15, -0.1) is 0 Å². The molecule has 1 rings (SSSR count). The fraction of sp³-hybridized carbons (Fsp3) is 0.889. The predicted molar refractivity (Wildman–Crippen MR) is 46.7 cm³/mol. The molecule has 0 amide bonds. The summed E-state index contributed by atoms with van der Waals surface area (Å²) in [6, 6.07) is 0. The molecule has 1 aliphatic rings. The van der Waals surface area contributed by atoms with E-state index in [0.717, 1.165) is 6.92 Å². The number of carbonyl (C=O) groups is 1. The average molecular weight is 224 g/mol. The molecule has 4 nitrogen and oxygen atoms in total. The van der Waals surface area contributed by atoms with Gasteiger partial charge < -0.3 is 14.9 Å². The molecule has 0 saturated carbocycles. The van der Waals surface area contributed by atoms with E-state index in [1.807, 2.05) is 0 Å². The molecule has 0 aromatic heterocycles. The minimum Gasteiger partial charge on any atom is -0.477 e. The van der Waals surface area contributed by atoms with Crippen molar-refractivity contribution in [3.05, 3.63) is 0 Å². The van der Waals surface area contributed by atoms with Crippen molar-refractivity contribution in [3.63, 3.8) is 0 Å². The van der Waals surface area contributed by atoms with Crippen LogP contribution in [0, 0.1) is 5.92 Å². The van der Waals surface area contributed by atoms with Crippen molar-refractivity contribution in [2.24, 2.45) is 5.92 Å². The quantitative estimate of drug-likeness (QED) is 0.747. The van der Waals surface area contributed by atoms with Crippen molar-refractivity contribution in [1.29, 1.82) is 0 Å². The normalized spacial score (nSPS) is 23.5. The lowest BCUT2D eigenvalue weighted by atomic mass is 9.79. The van der Waals surface area contributed by atoms with E-state index in [2.05, 4.69) is 0 Å². The molecule has 1 aliphatic heterocycles. The summed E-state index contributed by atoms with van der Waals surface area (Å²) in [4.78, 5) is 10.4. The Morgan fingerprint density at radius 3 is 2.27 bits per heavy atom. The summed E-state index contributed by atoms with van der Waals surface area (Å²) in [6.07, 6.45) is 0.492. The third kappa shape index (κ3) is 2.10. The summed E-state index contributed by atoms with van der Waals surface area (Å²) >= 11 is 0. The number of carboxylic acids is 1. The number of hydrogen-bond acceptors (Lipinski definition) is 3. The second-order valence-corrected chi connectivity index (χ2v) is 3.91. The van der Waals surface area contributed by atoms with E-state index < -0.39 is 23.4 Å². The van der Waals surface area contributed by atoms with Crippen LogP contribution in [0.3, 0.4) is 0 Å². The topological polar surface area (TPSA) is 66.8 Å². The molecule has 2 N–H and O–H groups in total. The van der Waals surface area contributed by atoms with E-state index in [4.69, 9.17) is 9.84 Å². The lowest BCUT2D eigenvalue weighted by Gasteiger charge is -2.38. The number of aliphatic carboxylic acids is 1. The number of hydrogen-bond donors (Lipinski definition) is 2. The molecule has 1 fully saturated rings. The zero-order valence-corrected chi connectivity index (χ0v) is 8.37. The summed E-state index contributed by atoms with van der Waals surface area (Å²) in [7, 11) is 0. The highest BCUT2D eigenvalue weighted by Gasteiger charge is 2.59. The molecular formula is C9H14F2O4. The first-order valence-electron chi connectivity index (χ1n) is 4.71. The number of ether oxygens (including phenoxy) is 1. The predicted octanol–water partition coefficient (Wildman–Crippen LogP) is 0.884. The van der Waals surface area contributed by atoms with Gasteiger partial charge in [0.2, 0.25) is 0 Å². The van der Waals surface area contributed by atoms with Crippen molar-refractivity contribution in [2.75, 3.05) is 13.2 Å². The minimum atomic E-state index is -4.13. The molecular weight excluding hydrogens is 210 g/mol. The Morgan fingerprint density at radius 2 is 1.87 bits per heavy atom. The molecule has 1 unspecified atom stereocenters. The molecule has 0 spiro atoms. The van der Waals surface area contributed by atoms with E-state index >= 15 is 0 Å². The van der Waals surface area contributed by atoms with Crippen LogP contribution in [0.2, 0.25) is 0 Å². The molecule has 0 aromatic rings. The van der Waals surface area contributed by atoms with Gasteiger partial charge in [-0.2, -0.15) is 8.78 Å². The number of aliphatic hydroxyl groups is 1. The number of rotatable bonds is 3.